The van der Waals surface area contributed by atoms with Crippen molar-refractivity contribution in [1.29, 1.82) is 0 Å². The van der Waals surface area contributed by atoms with Gasteiger partial charge in [0.1, 0.15) is 5.76 Å². The van der Waals surface area contributed by atoms with Crippen molar-refractivity contribution < 1.29 is 4.42 Å². The minimum Gasteiger partial charge on any atom is -0.468 e. The lowest BCUT2D eigenvalue weighted by atomic mass is 10.0. The van der Waals surface area contributed by atoms with Crippen molar-refractivity contribution in [3.05, 3.63) is 58.5 Å². The normalized spacial score (nSPS) is 12.6. The molecule has 1 unspecified atom stereocenters. The minimum absolute atomic E-state index is 0.359. The molecule has 0 aliphatic carbocycles. The molecule has 90 valence electrons. The molecule has 1 aromatic heterocycles. The second-order valence-electron chi connectivity index (χ2n) is 3.98. The van der Waals surface area contributed by atoms with Gasteiger partial charge in [0.15, 0.2) is 0 Å². The first-order chi connectivity index (χ1) is 8.29. The van der Waals surface area contributed by atoms with Crippen molar-refractivity contribution in [3.8, 4) is 0 Å². The maximum absolute atomic E-state index is 5.32. The Kier molecular flexibility index (Phi) is 4.40. The summed E-state index contributed by atoms with van der Waals surface area (Å²) in [6.45, 7) is 2.94. The van der Waals surface area contributed by atoms with Gasteiger partial charge >= 0.3 is 0 Å². The molecule has 3 heteroatoms. The van der Waals surface area contributed by atoms with Crippen LogP contribution in [0.2, 0.25) is 0 Å². The average Bonchev–Trinajstić information content (AvgIpc) is 2.83. The van der Waals surface area contributed by atoms with Gasteiger partial charge in [-0.15, -0.1) is 0 Å². The molecule has 1 N–H and O–H groups in total. The number of halogens is 1. The number of rotatable bonds is 5. The van der Waals surface area contributed by atoms with E-state index in [9.17, 15) is 0 Å². The van der Waals surface area contributed by atoms with E-state index in [4.69, 9.17) is 4.42 Å². The Balaban J connectivity index is 2.01. The van der Waals surface area contributed by atoms with Crippen LogP contribution in [-0.4, -0.2) is 0 Å². The molecule has 0 spiro atoms. The Labute approximate surface area is 110 Å². The fraction of sp³-hybridized carbons (Fsp3) is 0.286. The fourth-order valence-corrected chi connectivity index (χ4v) is 2.28. The molecule has 0 aliphatic rings. The molecule has 0 saturated heterocycles. The molecule has 0 radical (unpaired) electrons. The molecule has 1 aromatic carbocycles. The van der Waals surface area contributed by atoms with Crippen LogP contribution in [0.4, 0.5) is 0 Å². The lowest BCUT2D eigenvalue weighted by molar-refractivity contribution is 0.443. The number of benzene rings is 1. The summed E-state index contributed by atoms with van der Waals surface area (Å²) in [5.41, 5.74) is 1.30. The van der Waals surface area contributed by atoms with E-state index >= 15 is 0 Å². The van der Waals surface area contributed by atoms with Crippen LogP contribution in [0.15, 0.2) is 51.6 Å². The second kappa shape index (κ2) is 6.03. The summed E-state index contributed by atoms with van der Waals surface area (Å²) in [5.74, 6) is 0.971. The molecule has 0 saturated carbocycles. The summed E-state index contributed by atoms with van der Waals surface area (Å²) in [5, 5.41) is 3.50. The zero-order valence-corrected chi connectivity index (χ0v) is 11.4. The van der Waals surface area contributed by atoms with Crippen LogP contribution in [0.3, 0.4) is 0 Å². The van der Waals surface area contributed by atoms with E-state index in [1.54, 1.807) is 6.26 Å². The second-order valence-corrected chi connectivity index (χ2v) is 4.89. The van der Waals surface area contributed by atoms with Gasteiger partial charge in [-0.2, -0.15) is 0 Å². The zero-order chi connectivity index (χ0) is 12.1. The Bertz CT molecular complexity index is 453. The largest absolute Gasteiger partial charge is 0.468 e. The quantitative estimate of drug-likeness (QED) is 0.890. The monoisotopic (exact) mass is 293 g/mol. The summed E-state index contributed by atoms with van der Waals surface area (Å²) in [6, 6.07) is 12.7. The number of hydrogen-bond acceptors (Lipinski definition) is 2. The van der Waals surface area contributed by atoms with Gasteiger partial charge in [-0.3, -0.25) is 0 Å². The first-order valence-electron chi connectivity index (χ1n) is 5.81. The Morgan fingerprint density at radius 2 is 2.18 bits per heavy atom. The molecule has 0 bridgehead atoms. The highest BCUT2D eigenvalue weighted by molar-refractivity contribution is 9.10. The van der Waals surface area contributed by atoms with E-state index in [0.29, 0.717) is 6.04 Å². The topological polar surface area (TPSA) is 25.2 Å². The predicted molar refractivity (Wildman–Crippen MR) is 72.7 cm³/mol. The first kappa shape index (κ1) is 12.4. The van der Waals surface area contributed by atoms with Crippen molar-refractivity contribution in [2.24, 2.45) is 0 Å². The van der Waals surface area contributed by atoms with E-state index in [1.807, 2.05) is 18.2 Å². The highest BCUT2D eigenvalue weighted by Gasteiger charge is 2.09. The molecule has 1 atom stereocenters. The lowest BCUT2D eigenvalue weighted by Crippen LogP contribution is -2.19. The molecule has 2 aromatic rings. The molecule has 0 aliphatic heterocycles. The summed E-state index contributed by atoms with van der Waals surface area (Å²) in [6.07, 6.45) is 2.76. The van der Waals surface area contributed by atoms with E-state index in [1.165, 1.54) is 5.56 Å². The fourth-order valence-electron chi connectivity index (χ4n) is 1.86. The Morgan fingerprint density at radius 1 is 1.29 bits per heavy atom. The van der Waals surface area contributed by atoms with Crippen LogP contribution in [0.5, 0.6) is 0 Å². The van der Waals surface area contributed by atoms with E-state index in [2.05, 4.69) is 46.4 Å². The summed E-state index contributed by atoms with van der Waals surface area (Å²) < 4.78 is 6.43. The van der Waals surface area contributed by atoms with Crippen LogP contribution in [0, 0.1) is 0 Å². The predicted octanol–water partition coefficient (Wildman–Crippen LogP) is 4.28. The van der Waals surface area contributed by atoms with Crippen molar-refractivity contribution in [3.63, 3.8) is 0 Å². The first-order valence-corrected chi connectivity index (χ1v) is 6.60. The average molecular weight is 294 g/mol. The zero-order valence-electron chi connectivity index (χ0n) is 9.82. The number of furan rings is 1. The highest BCUT2D eigenvalue weighted by Crippen LogP contribution is 2.21. The van der Waals surface area contributed by atoms with E-state index in [0.717, 1.165) is 23.2 Å². The van der Waals surface area contributed by atoms with Crippen molar-refractivity contribution in [1.82, 2.24) is 5.32 Å². The third-order valence-corrected chi connectivity index (χ3v) is 3.26. The summed E-state index contributed by atoms with van der Waals surface area (Å²) >= 11 is 3.50. The van der Waals surface area contributed by atoms with Crippen LogP contribution in [-0.2, 0) is 6.54 Å². The molecular formula is C14H16BrNO. The van der Waals surface area contributed by atoms with Gasteiger partial charge in [-0.05, 0) is 36.2 Å². The molecule has 17 heavy (non-hydrogen) atoms. The van der Waals surface area contributed by atoms with Gasteiger partial charge in [-0.25, -0.2) is 0 Å². The highest BCUT2D eigenvalue weighted by atomic mass is 79.9. The number of hydrogen-bond donors (Lipinski definition) is 1. The third-order valence-electron chi connectivity index (χ3n) is 2.76. The van der Waals surface area contributed by atoms with Gasteiger partial charge in [0.2, 0.25) is 0 Å². The standard InChI is InChI=1S/C14H16BrNO/c1-2-14(11-5-3-6-12(15)9-11)16-10-13-7-4-8-17-13/h3-9,14,16H,2,10H2,1H3. The van der Waals surface area contributed by atoms with Gasteiger partial charge in [0, 0.05) is 10.5 Å². The van der Waals surface area contributed by atoms with E-state index in [-0.39, 0.29) is 0 Å². The van der Waals surface area contributed by atoms with Gasteiger partial charge < -0.3 is 9.73 Å². The lowest BCUT2D eigenvalue weighted by Gasteiger charge is -2.17. The van der Waals surface area contributed by atoms with Crippen LogP contribution in [0.1, 0.15) is 30.7 Å². The van der Waals surface area contributed by atoms with Gasteiger partial charge in [0.05, 0.1) is 12.8 Å². The molecule has 2 nitrogen and oxygen atoms in total. The Morgan fingerprint density at radius 3 is 2.82 bits per heavy atom. The summed E-state index contributed by atoms with van der Waals surface area (Å²) in [4.78, 5) is 0. The molecule has 0 amide bonds. The molecule has 0 fully saturated rings. The van der Waals surface area contributed by atoms with E-state index < -0.39 is 0 Å². The molecule has 1 heterocycles. The van der Waals surface area contributed by atoms with Gasteiger partial charge in [0.25, 0.3) is 0 Å². The van der Waals surface area contributed by atoms with Crippen LogP contribution < -0.4 is 5.32 Å². The smallest absolute Gasteiger partial charge is 0.117 e. The minimum atomic E-state index is 0.359. The van der Waals surface area contributed by atoms with Crippen LogP contribution in [0.25, 0.3) is 0 Å². The SMILES string of the molecule is CCC(NCc1ccco1)c1cccc(Br)c1. The van der Waals surface area contributed by atoms with Crippen molar-refractivity contribution >= 4 is 15.9 Å². The van der Waals surface area contributed by atoms with Crippen LogP contribution >= 0.6 is 15.9 Å². The number of nitrogens with one attached hydrogen (secondary N) is 1. The summed E-state index contributed by atoms with van der Waals surface area (Å²) in [7, 11) is 0. The Hall–Kier alpha value is -1.06. The maximum atomic E-state index is 5.32. The molecular weight excluding hydrogens is 278 g/mol. The maximum Gasteiger partial charge on any atom is 0.117 e. The molecule has 2 rings (SSSR count). The van der Waals surface area contributed by atoms with Crippen molar-refractivity contribution in [2.75, 3.05) is 0 Å². The van der Waals surface area contributed by atoms with Gasteiger partial charge in [-0.1, -0.05) is 35.0 Å². The van der Waals surface area contributed by atoms with Crippen molar-refractivity contribution in [2.45, 2.75) is 25.9 Å². The third kappa shape index (κ3) is 3.45.